The fourth-order valence-electron chi connectivity index (χ4n) is 1.03. The number of nitrogens with zero attached hydrogens (tertiary/aromatic N) is 4. The Hall–Kier alpha value is -1.92. The molecule has 0 aromatic carbocycles. The van der Waals surface area contributed by atoms with Crippen molar-refractivity contribution < 1.29 is 9.53 Å². The van der Waals surface area contributed by atoms with E-state index < -0.39 is 5.97 Å². The van der Waals surface area contributed by atoms with Gasteiger partial charge in [0.05, 0.1) is 12.9 Å². The van der Waals surface area contributed by atoms with Crippen molar-refractivity contribution in [2.45, 2.75) is 19.8 Å². The predicted molar refractivity (Wildman–Crippen MR) is 62.0 cm³/mol. The molecule has 94 valence electrons. The molecule has 0 atom stereocenters. The van der Waals surface area contributed by atoms with Gasteiger partial charge in [0.2, 0.25) is 5.82 Å². The third-order valence-corrected chi connectivity index (χ3v) is 1.87. The highest BCUT2D eigenvalue weighted by Crippen LogP contribution is 2.15. The molecule has 0 amide bonds. The minimum absolute atomic E-state index is 0.228. The highest BCUT2D eigenvalue weighted by atomic mass is 16.5. The molecular weight excluding hydrogens is 222 g/mol. The maximum Gasteiger partial charge on any atom is 0.358 e. The lowest BCUT2D eigenvalue weighted by atomic mass is 10.3. The normalized spacial score (nSPS) is 10.8. The van der Waals surface area contributed by atoms with E-state index in [9.17, 15) is 4.79 Å². The molecule has 0 spiro atoms. The van der Waals surface area contributed by atoms with Crippen LogP contribution in [0.25, 0.3) is 0 Å². The Balaban J connectivity index is 2.64. The molecule has 1 aromatic heterocycles. The summed E-state index contributed by atoms with van der Waals surface area (Å²) < 4.78 is 5.05. The molecule has 0 unspecified atom stereocenters. The minimum Gasteiger partial charge on any atom is -0.461 e. The lowest BCUT2D eigenvalue weighted by molar-refractivity contribution is 0.0494. The van der Waals surface area contributed by atoms with Gasteiger partial charge in [0, 0.05) is 14.1 Å². The number of carbonyl (C=O) groups excluding carboxylic acids is 1. The molecule has 0 saturated carbocycles. The van der Waals surface area contributed by atoms with Gasteiger partial charge in [-0.05, 0) is 6.42 Å². The molecule has 0 radical (unpaired) electrons. The van der Waals surface area contributed by atoms with Crippen molar-refractivity contribution in [1.82, 2.24) is 15.0 Å². The largest absolute Gasteiger partial charge is 0.461 e. The number of H-pyrrole nitrogens is 1. The molecule has 0 aliphatic carbocycles. The quantitative estimate of drug-likeness (QED) is 0.356. The van der Waals surface area contributed by atoms with Gasteiger partial charge in [0.25, 0.3) is 0 Å². The van der Waals surface area contributed by atoms with Gasteiger partial charge in [-0.2, -0.15) is 0 Å². The van der Waals surface area contributed by atoms with E-state index in [0.29, 0.717) is 6.61 Å². The van der Waals surface area contributed by atoms with Crippen LogP contribution in [0.3, 0.4) is 0 Å². The maximum absolute atomic E-state index is 11.6. The Bertz CT molecular complexity index is 386. The van der Waals surface area contributed by atoms with Crippen molar-refractivity contribution in [3.8, 4) is 0 Å². The highest BCUT2D eigenvalue weighted by Gasteiger charge is 2.15. The molecule has 0 fully saturated rings. The van der Waals surface area contributed by atoms with Gasteiger partial charge in [0.1, 0.15) is 0 Å². The van der Waals surface area contributed by atoms with Crippen LogP contribution in [0.2, 0.25) is 0 Å². The molecular formula is C10H17N5O2. The van der Waals surface area contributed by atoms with E-state index in [-0.39, 0.29) is 11.5 Å². The summed E-state index contributed by atoms with van der Waals surface area (Å²) in [6.45, 7) is 2.43. The summed E-state index contributed by atoms with van der Waals surface area (Å²) in [7, 11) is 3.46. The summed E-state index contributed by atoms with van der Waals surface area (Å²) in [4.78, 5) is 18.2. The number of imidazole rings is 1. The molecule has 7 nitrogen and oxygen atoms in total. The van der Waals surface area contributed by atoms with Gasteiger partial charge in [-0.25, -0.2) is 9.78 Å². The SMILES string of the molecule is CCCCOC(=O)c1[nH]cnc1/N=N/N(C)C. The Morgan fingerprint density at radius 2 is 2.35 bits per heavy atom. The van der Waals surface area contributed by atoms with Crippen molar-refractivity contribution in [3.05, 3.63) is 12.0 Å². The number of ether oxygens (including phenoxy) is 1. The van der Waals surface area contributed by atoms with E-state index in [0.717, 1.165) is 12.8 Å². The number of hydrogen-bond acceptors (Lipinski definition) is 5. The van der Waals surface area contributed by atoms with E-state index in [1.54, 1.807) is 14.1 Å². The second kappa shape index (κ2) is 6.62. The van der Waals surface area contributed by atoms with Crippen LogP contribution in [0.15, 0.2) is 16.7 Å². The molecule has 0 aliphatic heterocycles. The van der Waals surface area contributed by atoms with E-state index in [4.69, 9.17) is 4.74 Å². The van der Waals surface area contributed by atoms with Crippen molar-refractivity contribution >= 4 is 11.8 Å². The van der Waals surface area contributed by atoms with Crippen LogP contribution in [0.4, 0.5) is 5.82 Å². The fraction of sp³-hybridized carbons (Fsp3) is 0.600. The number of esters is 1. The van der Waals surface area contributed by atoms with Crippen LogP contribution in [0.5, 0.6) is 0 Å². The van der Waals surface area contributed by atoms with E-state index in [1.165, 1.54) is 11.3 Å². The lowest BCUT2D eigenvalue weighted by Gasteiger charge is -2.02. The number of hydrogen-bond donors (Lipinski definition) is 1. The molecule has 0 bridgehead atoms. The molecule has 0 saturated heterocycles. The topological polar surface area (TPSA) is 82.9 Å². The Morgan fingerprint density at radius 3 is 3.00 bits per heavy atom. The van der Waals surface area contributed by atoms with Crippen molar-refractivity contribution in [2.24, 2.45) is 10.3 Å². The standard InChI is InChI=1S/C10H17N5O2/c1-4-5-6-17-10(16)8-9(12-7-11-8)13-14-15(2)3/h7H,4-6H2,1-3H3,(H,11,12)/b14-13+. The Morgan fingerprint density at radius 1 is 1.59 bits per heavy atom. The zero-order valence-corrected chi connectivity index (χ0v) is 10.3. The van der Waals surface area contributed by atoms with Gasteiger partial charge in [-0.15, -0.1) is 5.11 Å². The highest BCUT2D eigenvalue weighted by molar-refractivity contribution is 5.91. The Kier molecular flexibility index (Phi) is 5.12. The van der Waals surface area contributed by atoms with Crippen LogP contribution in [-0.2, 0) is 4.74 Å². The van der Waals surface area contributed by atoms with Gasteiger partial charge < -0.3 is 9.72 Å². The van der Waals surface area contributed by atoms with Crippen LogP contribution in [0.1, 0.15) is 30.3 Å². The summed E-state index contributed by atoms with van der Waals surface area (Å²) in [6.07, 6.45) is 3.21. The Labute approximate surface area is 99.9 Å². The number of rotatable bonds is 6. The predicted octanol–water partition coefficient (Wildman–Crippen LogP) is 1.93. The monoisotopic (exact) mass is 239 g/mol. The summed E-state index contributed by atoms with van der Waals surface area (Å²) in [5.74, 6) is -0.219. The third kappa shape index (κ3) is 4.21. The summed E-state index contributed by atoms with van der Waals surface area (Å²) in [6, 6.07) is 0. The molecule has 1 N–H and O–H groups in total. The maximum atomic E-state index is 11.6. The van der Waals surface area contributed by atoms with Crippen LogP contribution >= 0.6 is 0 Å². The molecule has 7 heteroatoms. The first-order valence-corrected chi connectivity index (χ1v) is 5.44. The first-order chi connectivity index (χ1) is 8.15. The number of unbranched alkanes of at least 4 members (excludes halogenated alkanes) is 1. The summed E-state index contributed by atoms with van der Waals surface area (Å²) >= 11 is 0. The van der Waals surface area contributed by atoms with Crippen molar-refractivity contribution in [3.63, 3.8) is 0 Å². The van der Waals surface area contributed by atoms with Crippen LogP contribution in [0, 0.1) is 0 Å². The second-order valence-corrected chi connectivity index (χ2v) is 3.63. The van der Waals surface area contributed by atoms with Gasteiger partial charge in [-0.3, -0.25) is 5.01 Å². The molecule has 1 aromatic rings. The smallest absolute Gasteiger partial charge is 0.358 e. The number of nitrogens with one attached hydrogen (secondary N) is 1. The molecule has 17 heavy (non-hydrogen) atoms. The first-order valence-electron chi connectivity index (χ1n) is 5.44. The summed E-state index contributed by atoms with van der Waals surface area (Å²) in [5.41, 5.74) is 0.228. The lowest BCUT2D eigenvalue weighted by Crippen LogP contribution is -2.07. The van der Waals surface area contributed by atoms with Gasteiger partial charge in [-0.1, -0.05) is 18.6 Å². The zero-order valence-electron chi connectivity index (χ0n) is 10.3. The molecule has 0 aliphatic rings. The van der Waals surface area contributed by atoms with Crippen LogP contribution in [-0.4, -0.2) is 41.6 Å². The van der Waals surface area contributed by atoms with Crippen molar-refractivity contribution in [2.75, 3.05) is 20.7 Å². The van der Waals surface area contributed by atoms with E-state index in [2.05, 4.69) is 20.3 Å². The first kappa shape index (κ1) is 13.1. The molecule has 1 heterocycles. The third-order valence-electron chi connectivity index (χ3n) is 1.87. The minimum atomic E-state index is -0.455. The number of carbonyl (C=O) groups is 1. The fourth-order valence-corrected chi connectivity index (χ4v) is 1.03. The van der Waals surface area contributed by atoms with Crippen LogP contribution < -0.4 is 0 Å². The zero-order chi connectivity index (χ0) is 12.7. The van der Waals surface area contributed by atoms with Gasteiger partial charge in [0.15, 0.2) is 5.69 Å². The van der Waals surface area contributed by atoms with E-state index in [1.807, 2.05) is 6.92 Å². The second-order valence-electron chi connectivity index (χ2n) is 3.63. The average molecular weight is 239 g/mol. The van der Waals surface area contributed by atoms with Gasteiger partial charge >= 0.3 is 5.97 Å². The summed E-state index contributed by atoms with van der Waals surface area (Å²) in [5, 5.41) is 9.11. The molecule has 1 rings (SSSR count). The average Bonchev–Trinajstić information content (AvgIpc) is 2.74. The number of aromatic nitrogens is 2. The number of aromatic amines is 1. The van der Waals surface area contributed by atoms with Crippen molar-refractivity contribution in [1.29, 1.82) is 0 Å². The van der Waals surface area contributed by atoms with E-state index >= 15 is 0 Å².